The van der Waals surface area contributed by atoms with Gasteiger partial charge >= 0.3 is 17.8 Å². The molecule has 14 heteroatoms. The SMILES string of the molecule is CCCCOC[C@@]1(CO[Si](c2ccccc2)(c2ccccc2)C(C)(C)C)O[C@@H](n2cc(C)c(=O)[nH]c2=O)[C@@H](NC(=O)C(F)(F)F)C1OCCCC. The number of unbranched alkanes of at least 4 members (excludes halogenated alkanes) is 2. The van der Waals surface area contributed by atoms with Gasteiger partial charge in [-0.15, -0.1) is 0 Å². The third kappa shape index (κ3) is 8.91. The van der Waals surface area contributed by atoms with Crippen molar-refractivity contribution < 1.29 is 36.6 Å². The van der Waals surface area contributed by atoms with Gasteiger partial charge in [0.15, 0.2) is 6.23 Å². The number of aromatic nitrogens is 2. The summed E-state index contributed by atoms with van der Waals surface area (Å²) in [5, 5.41) is 3.52. The smallest absolute Gasteiger partial charge is 0.404 e. The molecule has 2 heterocycles. The average Bonchev–Trinajstić information content (AvgIpc) is 3.37. The highest BCUT2D eigenvalue weighted by Gasteiger charge is 2.61. The molecule has 0 spiro atoms. The fourth-order valence-electron chi connectivity index (χ4n) is 6.61. The highest BCUT2D eigenvalue weighted by molar-refractivity contribution is 6.99. The van der Waals surface area contributed by atoms with Crippen molar-refractivity contribution in [1.29, 1.82) is 0 Å². The van der Waals surface area contributed by atoms with Gasteiger partial charge in [-0.3, -0.25) is 19.1 Å². The molecule has 1 saturated heterocycles. The van der Waals surface area contributed by atoms with E-state index >= 15 is 0 Å². The number of hydrogen-bond acceptors (Lipinski definition) is 7. The minimum absolute atomic E-state index is 0.114. The van der Waals surface area contributed by atoms with Crippen LogP contribution in [0.25, 0.3) is 0 Å². The Kier molecular flexibility index (Phi) is 13.3. The number of benzene rings is 2. The summed E-state index contributed by atoms with van der Waals surface area (Å²) in [6.45, 7) is 11.7. The van der Waals surface area contributed by atoms with E-state index in [1.54, 1.807) is 0 Å². The molecular weight excluding hydrogens is 684 g/mol. The maximum absolute atomic E-state index is 13.9. The van der Waals surface area contributed by atoms with Crippen molar-refractivity contribution in [2.75, 3.05) is 26.4 Å². The Bertz CT molecular complexity index is 1660. The molecule has 0 saturated carbocycles. The van der Waals surface area contributed by atoms with Gasteiger partial charge in [-0.05, 0) is 35.2 Å². The Morgan fingerprint density at radius 3 is 2.04 bits per heavy atom. The summed E-state index contributed by atoms with van der Waals surface area (Å²) in [6, 6.07) is 18.1. The van der Waals surface area contributed by atoms with E-state index in [0.717, 1.165) is 21.4 Å². The van der Waals surface area contributed by atoms with E-state index < -0.39 is 60.7 Å². The first-order chi connectivity index (χ1) is 24.1. The minimum atomic E-state index is -5.25. The zero-order valence-electron chi connectivity index (χ0n) is 30.2. The van der Waals surface area contributed by atoms with Gasteiger partial charge < -0.3 is 24.0 Å². The lowest BCUT2D eigenvalue weighted by Gasteiger charge is -2.45. The predicted molar refractivity (Wildman–Crippen MR) is 191 cm³/mol. The molecule has 10 nitrogen and oxygen atoms in total. The summed E-state index contributed by atoms with van der Waals surface area (Å²) in [7, 11) is -3.27. The molecule has 0 bridgehead atoms. The number of H-pyrrole nitrogens is 1. The monoisotopic (exact) mass is 733 g/mol. The highest BCUT2D eigenvalue weighted by Crippen LogP contribution is 2.43. The number of alkyl halides is 3. The summed E-state index contributed by atoms with van der Waals surface area (Å²) in [6.07, 6.45) is -4.07. The zero-order chi connectivity index (χ0) is 37.5. The Hall–Kier alpha value is -3.56. The van der Waals surface area contributed by atoms with Gasteiger partial charge in [-0.1, -0.05) is 108 Å². The van der Waals surface area contributed by atoms with Crippen LogP contribution in [-0.4, -0.2) is 74.1 Å². The van der Waals surface area contributed by atoms with Crippen LogP contribution < -0.4 is 26.9 Å². The predicted octanol–water partition coefficient (Wildman–Crippen LogP) is 4.74. The van der Waals surface area contributed by atoms with Crippen molar-refractivity contribution in [2.24, 2.45) is 0 Å². The lowest BCUT2D eigenvalue weighted by atomic mass is 9.94. The minimum Gasteiger partial charge on any atom is -0.404 e. The number of aryl methyl sites for hydroxylation is 1. The van der Waals surface area contributed by atoms with Crippen molar-refractivity contribution in [1.82, 2.24) is 14.9 Å². The summed E-state index contributed by atoms with van der Waals surface area (Å²) in [4.78, 5) is 40.5. The van der Waals surface area contributed by atoms with Crippen LogP contribution in [0, 0.1) is 6.92 Å². The van der Waals surface area contributed by atoms with E-state index in [9.17, 15) is 27.6 Å². The second-order valence-corrected chi connectivity index (χ2v) is 18.4. The topological polar surface area (TPSA) is 121 Å². The maximum Gasteiger partial charge on any atom is 0.471 e. The molecule has 4 atom stereocenters. The molecule has 1 aliphatic rings. The first kappa shape index (κ1) is 40.2. The largest absolute Gasteiger partial charge is 0.471 e. The molecule has 0 radical (unpaired) electrons. The lowest BCUT2D eigenvalue weighted by Crippen LogP contribution is -2.68. The van der Waals surface area contributed by atoms with E-state index in [1.165, 1.54) is 13.1 Å². The highest BCUT2D eigenvalue weighted by atomic mass is 28.4. The molecule has 1 fully saturated rings. The van der Waals surface area contributed by atoms with E-state index in [1.807, 2.05) is 74.5 Å². The number of carbonyl (C=O) groups is 1. The molecule has 4 rings (SSSR count). The van der Waals surface area contributed by atoms with Gasteiger partial charge in [0.05, 0.1) is 13.2 Å². The Morgan fingerprint density at radius 1 is 0.941 bits per heavy atom. The Morgan fingerprint density at radius 2 is 1.51 bits per heavy atom. The molecule has 3 aromatic rings. The normalized spacial score (nSPS) is 21.2. The third-order valence-electron chi connectivity index (χ3n) is 9.22. The molecule has 0 aliphatic carbocycles. The number of ether oxygens (including phenoxy) is 3. The first-order valence-corrected chi connectivity index (χ1v) is 19.3. The van der Waals surface area contributed by atoms with Crippen molar-refractivity contribution in [2.45, 2.75) is 102 Å². The van der Waals surface area contributed by atoms with Crippen molar-refractivity contribution in [3.63, 3.8) is 0 Å². The second kappa shape index (κ2) is 16.8. The van der Waals surface area contributed by atoms with Gasteiger partial charge in [0, 0.05) is 25.0 Å². The van der Waals surface area contributed by atoms with E-state index in [0.29, 0.717) is 25.9 Å². The Balaban J connectivity index is 1.96. The molecule has 1 unspecified atom stereocenters. The van der Waals surface area contributed by atoms with E-state index in [4.69, 9.17) is 18.6 Å². The van der Waals surface area contributed by atoms with Crippen LogP contribution in [-0.2, 0) is 23.4 Å². The van der Waals surface area contributed by atoms with Crippen molar-refractivity contribution in [3.8, 4) is 0 Å². The first-order valence-electron chi connectivity index (χ1n) is 17.4. The summed E-state index contributed by atoms with van der Waals surface area (Å²) >= 11 is 0. The van der Waals surface area contributed by atoms with Crippen LogP contribution in [0.15, 0.2) is 76.4 Å². The summed E-state index contributed by atoms with van der Waals surface area (Å²) in [5.41, 5.74) is -3.11. The molecule has 280 valence electrons. The van der Waals surface area contributed by atoms with Crippen molar-refractivity contribution in [3.05, 3.63) is 93.3 Å². The number of aromatic amines is 1. The van der Waals surface area contributed by atoms with Gasteiger partial charge in [-0.25, -0.2) is 4.79 Å². The van der Waals surface area contributed by atoms with Crippen LogP contribution in [0.2, 0.25) is 5.04 Å². The van der Waals surface area contributed by atoms with E-state index in [2.05, 4.69) is 31.1 Å². The third-order valence-corrected chi connectivity index (χ3v) is 14.2. The van der Waals surface area contributed by atoms with Crippen LogP contribution in [0.1, 0.15) is 72.1 Å². The summed E-state index contributed by atoms with van der Waals surface area (Å²) < 4.78 is 69.3. The number of nitrogens with zero attached hydrogens (tertiary/aromatic N) is 1. The van der Waals surface area contributed by atoms with Gasteiger partial charge in [-0.2, -0.15) is 13.2 Å². The maximum atomic E-state index is 13.9. The van der Waals surface area contributed by atoms with Crippen LogP contribution >= 0.6 is 0 Å². The number of rotatable bonds is 16. The zero-order valence-corrected chi connectivity index (χ0v) is 31.2. The number of carbonyl (C=O) groups excluding carboxylic acids is 1. The quantitative estimate of drug-likeness (QED) is 0.161. The average molecular weight is 734 g/mol. The number of amides is 1. The fourth-order valence-corrected chi connectivity index (χ4v) is 11.2. The number of hydrogen-bond donors (Lipinski definition) is 2. The van der Waals surface area contributed by atoms with Crippen LogP contribution in [0.4, 0.5) is 13.2 Å². The molecule has 2 N–H and O–H groups in total. The molecule has 1 aromatic heterocycles. The van der Waals surface area contributed by atoms with Gasteiger partial charge in [0.1, 0.15) is 17.7 Å². The molecule has 1 amide bonds. The van der Waals surface area contributed by atoms with Gasteiger partial charge in [0.25, 0.3) is 13.9 Å². The number of nitrogens with one attached hydrogen (secondary N) is 2. The van der Waals surface area contributed by atoms with E-state index in [-0.39, 0.29) is 25.4 Å². The van der Waals surface area contributed by atoms with Crippen molar-refractivity contribution >= 4 is 24.6 Å². The molecular formula is C37H50F3N3O7Si. The molecule has 2 aromatic carbocycles. The van der Waals surface area contributed by atoms with Crippen LogP contribution in [0.3, 0.4) is 0 Å². The number of halogens is 3. The fraction of sp³-hybridized carbons (Fsp3) is 0.541. The van der Waals surface area contributed by atoms with Gasteiger partial charge in [0.2, 0.25) is 0 Å². The standard InChI is InChI=1S/C37H50F3N3O7Si/c1-7-9-21-47-24-36(25-49-51(35(4,5)6,27-17-13-11-14-18-27)28-19-15-12-16-20-28)30(48-22-10-8-2)29(41-33(45)37(38,39)40)32(50-36)43-23-26(3)31(44)42-34(43)46/h11-20,23,29-30,32H,7-10,21-22,24-25H2,1-6H3,(H,41,45)(H,42,44,46)/t29-,30?,32+,36-/m0/s1. The van der Waals surface area contributed by atoms with Crippen LogP contribution in [0.5, 0.6) is 0 Å². The second-order valence-electron chi connectivity index (χ2n) is 14.1. The summed E-state index contributed by atoms with van der Waals surface area (Å²) in [5.74, 6) is -2.23. The molecule has 51 heavy (non-hydrogen) atoms. The molecule has 1 aliphatic heterocycles. The lowest BCUT2D eigenvalue weighted by molar-refractivity contribution is -0.175. The Labute approximate surface area is 297 Å².